The van der Waals surface area contributed by atoms with Crippen molar-refractivity contribution in [2.75, 3.05) is 26.3 Å². The zero-order valence-corrected chi connectivity index (χ0v) is 12.6. The van der Waals surface area contributed by atoms with Gasteiger partial charge >= 0.3 is 0 Å². The molecule has 2 rings (SSSR count). The van der Waals surface area contributed by atoms with Crippen molar-refractivity contribution in [1.82, 2.24) is 10.6 Å². The van der Waals surface area contributed by atoms with E-state index in [1.165, 1.54) is 5.56 Å². The molecule has 1 fully saturated rings. The molecule has 4 nitrogen and oxygen atoms in total. The van der Waals surface area contributed by atoms with Gasteiger partial charge in [-0.2, -0.15) is 0 Å². The molecule has 0 bridgehead atoms. The van der Waals surface area contributed by atoms with Crippen LogP contribution in [0.3, 0.4) is 0 Å². The summed E-state index contributed by atoms with van der Waals surface area (Å²) < 4.78 is 5.62. The number of carbonyl (C=O) groups excluding carboxylic acids is 1. The highest BCUT2D eigenvalue weighted by Gasteiger charge is 2.20. The van der Waals surface area contributed by atoms with Gasteiger partial charge in [-0.05, 0) is 44.2 Å². The van der Waals surface area contributed by atoms with Gasteiger partial charge in [-0.25, -0.2) is 0 Å². The number of nitrogens with one attached hydrogen (secondary N) is 2. The molecule has 1 heterocycles. The van der Waals surface area contributed by atoms with Crippen molar-refractivity contribution in [2.45, 2.75) is 38.1 Å². The molecule has 116 valence electrons. The largest absolute Gasteiger partial charge is 0.381 e. The minimum Gasteiger partial charge on any atom is -0.381 e. The van der Waals surface area contributed by atoms with Crippen LogP contribution in [0.15, 0.2) is 30.3 Å². The zero-order chi connectivity index (χ0) is 14.8. The van der Waals surface area contributed by atoms with E-state index in [-0.39, 0.29) is 11.9 Å². The highest BCUT2D eigenvalue weighted by molar-refractivity contribution is 5.81. The van der Waals surface area contributed by atoms with E-state index in [1.807, 2.05) is 6.07 Å². The Morgan fingerprint density at radius 1 is 1.24 bits per heavy atom. The van der Waals surface area contributed by atoms with Gasteiger partial charge in [0, 0.05) is 13.2 Å². The summed E-state index contributed by atoms with van der Waals surface area (Å²) in [6.45, 7) is 3.25. The fourth-order valence-corrected chi connectivity index (χ4v) is 2.51. The molecule has 0 radical (unpaired) electrons. The lowest BCUT2D eigenvalue weighted by molar-refractivity contribution is -0.122. The molecular formula is C17H26N2O2. The minimum absolute atomic E-state index is 0.0344. The van der Waals surface area contributed by atoms with Gasteiger partial charge in [0.1, 0.15) is 0 Å². The summed E-state index contributed by atoms with van der Waals surface area (Å²) in [5.74, 6) is 0.150. The molecular weight excluding hydrogens is 264 g/mol. The topological polar surface area (TPSA) is 50.4 Å². The van der Waals surface area contributed by atoms with Gasteiger partial charge in [-0.1, -0.05) is 30.3 Å². The molecule has 1 aromatic carbocycles. The first-order valence-corrected chi connectivity index (χ1v) is 7.99. The van der Waals surface area contributed by atoms with Crippen molar-refractivity contribution in [3.05, 3.63) is 35.9 Å². The Morgan fingerprint density at radius 3 is 2.86 bits per heavy atom. The molecule has 1 aliphatic rings. The molecule has 1 aliphatic heterocycles. The van der Waals surface area contributed by atoms with Crippen LogP contribution in [-0.2, 0) is 16.0 Å². The summed E-state index contributed by atoms with van der Waals surface area (Å²) in [6.07, 6.45) is 5.00. The first-order chi connectivity index (χ1) is 10.4. The van der Waals surface area contributed by atoms with E-state index < -0.39 is 0 Å². The third-order valence-electron chi connectivity index (χ3n) is 3.77. The molecule has 0 spiro atoms. The van der Waals surface area contributed by atoms with Gasteiger partial charge in [0.15, 0.2) is 0 Å². The maximum absolute atomic E-state index is 11.7. The molecule has 0 aliphatic carbocycles. The molecule has 21 heavy (non-hydrogen) atoms. The van der Waals surface area contributed by atoms with E-state index in [2.05, 4.69) is 34.9 Å². The lowest BCUT2D eigenvalue weighted by atomic mass is 10.2. The van der Waals surface area contributed by atoms with Gasteiger partial charge in [0.2, 0.25) is 5.91 Å². The predicted octanol–water partition coefficient (Wildman–Crippen LogP) is 1.89. The van der Waals surface area contributed by atoms with E-state index in [1.54, 1.807) is 0 Å². The van der Waals surface area contributed by atoms with Gasteiger partial charge in [0.25, 0.3) is 0 Å². The third kappa shape index (κ3) is 6.27. The summed E-state index contributed by atoms with van der Waals surface area (Å²) in [7, 11) is 0. The average Bonchev–Trinajstić information content (AvgIpc) is 3.05. The van der Waals surface area contributed by atoms with E-state index in [0.717, 1.165) is 58.4 Å². The lowest BCUT2D eigenvalue weighted by Gasteiger charge is -2.10. The Hall–Kier alpha value is -1.39. The number of hydrogen-bond donors (Lipinski definition) is 2. The van der Waals surface area contributed by atoms with E-state index in [4.69, 9.17) is 4.74 Å². The van der Waals surface area contributed by atoms with Crippen molar-refractivity contribution in [3.63, 3.8) is 0 Å². The van der Waals surface area contributed by atoms with Crippen LogP contribution in [0, 0.1) is 0 Å². The van der Waals surface area contributed by atoms with Gasteiger partial charge < -0.3 is 15.4 Å². The number of carbonyl (C=O) groups is 1. The minimum atomic E-state index is 0.0344. The predicted molar refractivity (Wildman–Crippen MR) is 84.2 cm³/mol. The maximum Gasteiger partial charge on any atom is 0.237 e. The summed E-state index contributed by atoms with van der Waals surface area (Å²) in [4.78, 5) is 11.7. The van der Waals surface area contributed by atoms with Crippen LogP contribution in [0.2, 0.25) is 0 Å². The van der Waals surface area contributed by atoms with Crippen LogP contribution in [0.4, 0.5) is 0 Å². The Kier molecular flexibility index (Phi) is 7.25. The average molecular weight is 290 g/mol. The molecule has 1 unspecified atom stereocenters. The highest BCUT2D eigenvalue weighted by atomic mass is 16.5. The highest BCUT2D eigenvalue weighted by Crippen LogP contribution is 2.04. The van der Waals surface area contributed by atoms with Crippen LogP contribution in [-0.4, -0.2) is 38.3 Å². The quantitative estimate of drug-likeness (QED) is 0.683. The zero-order valence-electron chi connectivity index (χ0n) is 12.6. The smallest absolute Gasteiger partial charge is 0.237 e. The molecule has 1 saturated heterocycles. The number of hydrogen-bond acceptors (Lipinski definition) is 3. The normalized spacial score (nSPS) is 17.8. The molecule has 1 aromatic rings. The van der Waals surface area contributed by atoms with Crippen LogP contribution >= 0.6 is 0 Å². The fraction of sp³-hybridized carbons (Fsp3) is 0.588. The van der Waals surface area contributed by atoms with Gasteiger partial charge in [0.05, 0.1) is 12.6 Å². The van der Waals surface area contributed by atoms with E-state index >= 15 is 0 Å². The number of benzene rings is 1. The van der Waals surface area contributed by atoms with Crippen LogP contribution in [0.5, 0.6) is 0 Å². The monoisotopic (exact) mass is 290 g/mol. The Morgan fingerprint density at radius 2 is 2.10 bits per heavy atom. The first-order valence-electron chi connectivity index (χ1n) is 7.99. The van der Waals surface area contributed by atoms with Crippen molar-refractivity contribution in [1.29, 1.82) is 0 Å². The summed E-state index contributed by atoms with van der Waals surface area (Å²) >= 11 is 0. The van der Waals surface area contributed by atoms with Crippen LogP contribution in [0.1, 0.15) is 31.2 Å². The molecule has 1 atom stereocenters. The van der Waals surface area contributed by atoms with Crippen molar-refractivity contribution >= 4 is 5.91 Å². The van der Waals surface area contributed by atoms with Crippen molar-refractivity contribution in [3.8, 4) is 0 Å². The second-order valence-corrected chi connectivity index (χ2v) is 5.50. The number of rotatable bonds is 9. The maximum atomic E-state index is 11.7. The second kappa shape index (κ2) is 9.53. The standard InChI is InChI=1S/C17H26N2O2/c20-17(16-9-6-12-18-16)19-11-4-5-13-21-14-10-15-7-2-1-3-8-15/h1-3,7-8,16,18H,4-6,9-14H2,(H,19,20). The summed E-state index contributed by atoms with van der Waals surface area (Å²) in [5.41, 5.74) is 1.31. The first kappa shape index (κ1) is 16.0. The van der Waals surface area contributed by atoms with Gasteiger partial charge in [-0.3, -0.25) is 4.79 Å². The van der Waals surface area contributed by atoms with Crippen molar-refractivity contribution < 1.29 is 9.53 Å². The number of ether oxygens (including phenoxy) is 1. The lowest BCUT2D eigenvalue weighted by Crippen LogP contribution is -2.40. The third-order valence-corrected chi connectivity index (χ3v) is 3.77. The van der Waals surface area contributed by atoms with E-state index in [0.29, 0.717) is 0 Å². The van der Waals surface area contributed by atoms with Crippen LogP contribution in [0.25, 0.3) is 0 Å². The number of unbranched alkanes of at least 4 members (excludes halogenated alkanes) is 1. The molecule has 0 aromatic heterocycles. The SMILES string of the molecule is O=C(NCCCCOCCc1ccccc1)C1CCCN1. The Bertz CT molecular complexity index is 403. The molecule has 0 saturated carbocycles. The summed E-state index contributed by atoms with van der Waals surface area (Å²) in [6, 6.07) is 10.4. The van der Waals surface area contributed by atoms with E-state index in [9.17, 15) is 4.79 Å². The Balaban J connectivity index is 1.41. The van der Waals surface area contributed by atoms with Crippen molar-refractivity contribution in [2.24, 2.45) is 0 Å². The second-order valence-electron chi connectivity index (χ2n) is 5.50. The Labute approximate surface area is 127 Å². The van der Waals surface area contributed by atoms with Crippen LogP contribution < -0.4 is 10.6 Å². The molecule has 2 N–H and O–H groups in total. The number of amides is 1. The van der Waals surface area contributed by atoms with Gasteiger partial charge in [-0.15, -0.1) is 0 Å². The summed E-state index contributed by atoms with van der Waals surface area (Å²) in [5, 5.41) is 6.19. The molecule has 1 amide bonds. The fourth-order valence-electron chi connectivity index (χ4n) is 2.51. The molecule has 4 heteroatoms.